The monoisotopic (exact) mass is 230 g/mol. The van der Waals surface area contributed by atoms with Crippen molar-refractivity contribution >= 4 is 16.8 Å². The molecule has 1 aromatic heterocycles. The number of carbonyl (C=O) groups excluding carboxylic acids is 1. The van der Waals surface area contributed by atoms with Gasteiger partial charge in [0.1, 0.15) is 5.58 Å². The number of fused-ring (bicyclic) bond motifs is 1. The van der Waals surface area contributed by atoms with E-state index in [-0.39, 0.29) is 11.7 Å². The molecule has 0 N–H and O–H groups in total. The van der Waals surface area contributed by atoms with E-state index in [0.717, 1.165) is 17.4 Å². The molecule has 3 heteroatoms. The van der Waals surface area contributed by atoms with Gasteiger partial charge in [0.15, 0.2) is 5.76 Å². The van der Waals surface area contributed by atoms with Crippen molar-refractivity contribution in [3.63, 3.8) is 0 Å². The SMILES string of the molecule is Cc1ccc2oc(C(=O)C3CCOC3)cc2c1. The average molecular weight is 230 g/mol. The quantitative estimate of drug-likeness (QED) is 0.744. The second-order valence-electron chi connectivity index (χ2n) is 4.58. The van der Waals surface area contributed by atoms with Crippen LogP contribution in [0.25, 0.3) is 11.0 Å². The van der Waals surface area contributed by atoms with Gasteiger partial charge in [-0.2, -0.15) is 0 Å². The van der Waals surface area contributed by atoms with E-state index in [1.807, 2.05) is 31.2 Å². The van der Waals surface area contributed by atoms with Crippen molar-refractivity contribution < 1.29 is 13.9 Å². The Morgan fingerprint density at radius 2 is 2.24 bits per heavy atom. The summed E-state index contributed by atoms with van der Waals surface area (Å²) in [6.07, 6.45) is 0.801. The summed E-state index contributed by atoms with van der Waals surface area (Å²) in [4.78, 5) is 12.1. The van der Waals surface area contributed by atoms with Crippen LogP contribution in [-0.4, -0.2) is 19.0 Å². The molecule has 0 amide bonds. The zero-order chi connectivity index (χ0) is 11.8. The zero-order valence-corrected chi connectivity index (χ0v) is 9.73. The Kier molecular flexibility index (Phi) is 2.48. The second kappa shape index (κ2) is 4.00. The topological polar surface area (TPSA) is 39.4 Å². The highest BCUT2D eigenvalue weighted by molar-refractivity contribution is 5.99. The molecule has 1 fully saturated rings. The van der Waals surface area contributed by atoms with Crippen molar-refractivity contribution in [3.05, 3.63) is 35.6 Å². The highest BCUT2D eigenvalue weighted by Crippen LogP contribution is 2.25. The summed E-state index contributed by atoms with van der Waals surface area (Å²) in [5, 5.41) is 0.993. The van der Waals surface area contributed by atoms with Crippen LogP contribution in [0.1, 0.15) is 22.5 Å². The van der Waals surface area contributed by atoms with Gasteiger partial charge in [-0.05, 0) is 31.5 Å². The molecular weight excluding hydrogens is 216 g/mol. The largest absolute Gasteiger partial charge is 0.453 e. The maximum atomic E-state index is 12.1. The number of carbonyl (C=O) groups is 1. The van der Waals surface area contributed by atoms with Gasteiger partial charge >= 0.3 is 0 Å². The Labute approximate surface area is 99.4 Å². The summed E-state index contributed by atoms with van der Waals surface area (Å²) in [6, 6.07) is 7.76. The Morgan fingerprint density at radius 1 is 1.35 bits per heavy atom. The van der Waals surface area contributed by atoms with Gasteiger partial charge < -0.3 is 9.15 Å². The molecule has 1 aliphatic heterocycles. The van der Waals surface area contributed by atoms with Crippen LogP contribution in [0.5, 0.6) is 0 Å². The first-order chi connectivity index (χ1) is 8.24. The minimum atomic E-state index is -0.0309. The van der Waals surface area contributed by atoms with Crippen LogP contribution in [-0.2, 0) is 4.74 Å². The van der Waals surface area contributed by atoms with Crippen molar-refractivity contribution in [1.82, 2.24) is 0 Å². The van der Waals surface area contributed by atoms with Crippen molar-refractivity contribution in [2.24, 2.45) is 5.92 Å². The standard InChI is InChI=1S/C14H14O3/c1-9-2-3-12-11(6-9)7-13(17-12)14(15)10-4-5-16-8-10/h2-3,6-7,10H,4-5,8H2,1H3. The number of ketones is 1. The molecule has 2 heterocycles. The highest BCUT2D eigenvalue weighted by atomic mass is 16.5. The molecule has 2 aromatic rings. The van der Waals surface area contributed by atoms with Crippen molar-refractivity contribution in [2.45, 2.75) is 13.3 Å². The molecule has 1 aromatic carbocycles. The van der Waals surface area contributed by atoms with Crippen LogP contribution in [0.15, 0.2) is 28.7 Å². The fraction of sp³-hybridized carbons (Fsp3) is 0.357. The molecule has 0 spiro atoms. The lowest BCUT2D eigenvalue weighted by atomic mass is 10.0. The Bertz CT molecular complexity index is 562. The van der Waals surface area contributed by atoms with E-state index in [1.54, 1.807) is 0 Å². The van der Waals surface area contributed by atoms with E-state index in [9.17, 15) is 4.79 Å². The van der Waals surface area contributed by atoms with Gasteiger partial charge in [-0.3, -0.25) is 4.79 Å². The third kappa shape index (κ3) is 1.87. The third-order valence-electron chi connectivity index (χ3n) is 3.22. The second-order valence-corrected chi connectivity index (χ2v) is 4.58. The molecular formula is C14H14O3. The minimum absolute atomic E-state index is 0.0309. The number of hydrogen-bond acceptors (Lipinski definition) is 3. The molecule has 0 aliphatic carbocycles. The first-order valence-corrected chi connectivity index (χ1v) is 5.86. The van der Waals surface area contributed by atoms with Crippen LogP contribution < -0.4 is 0 Å². The lowest BCUT2D eigenvalue weighted by Gasteiger charge is -2.01. The van der Waals surface area contributed by atoms with Gasteiger partial charge in [0.25, 0.3) is 0 Å². The van der Waals surface area contributed by atoms with Gasteiger partial charge in [-0.1, -0.05) is 11.6 Å². The van der Waals surface area contributed by atoms with E-state index in [1.165, 1.54) is 5.56 Å². The van der Waals surface area contributed by atoms with E-state index < -0.39 is 0 Å². The smallest absolute Gasteiger partial charge is 0.203 e. The molecule has 0 bridgehead atoms. The molecule has 3 rings (SSSR count). The number of hydrogen-bond donors (Lipinski definition) is 0. The summed E-state index contributed by atoms with van der Waals surface area (Å²) in [6.45, 7) is 3.23. The number of furan rings is 1. The van der Waals surface area contributed by atoms with E-state index in [2.05, 4.69) is 0 Å². The normalized spacial score (nSPS) is 19.9. The lowest BCUT2D eigenvalue weighted by Crippen LogP contribution is -2.13. The van der Waals surface area contributed by atoms with Crippen molar-refractivity contribution in [3.8, 4) is 0 Å². The van der Waals surface area contributed by atoms with E-state index >= 15 is 0 Å². The predicted molar refractivity (Wildman–Crippen MR) is 64.2 cm³/mol. The number of rotatable bonds is 2. The van der Waals surface area contributed by atoms with E-state index in [0.29, 0.717) is 19.0 Å². The van der Waals surface area contributed by atoms with E-state index in [4.69, 9.17) is 9.15 Å². The fourth-order valence-corrected chi connectivity index (χ4v) is 2.23. The maximum absolute atomic E-state index is 12.1. The van der Waals surface area contributed by atoms with Crippen LogP contribution >= 0.6 is 0 Å². The zero-order valence-electron chi connectivity index (χ0n) is 9.73. The number of benzene rings is 1. The number of aryl methyl sites for hydroxylation is 1. The van der Waals surface area contributed by atoms with Crippen LogP contribution in [0.4, 0.5) is 0 Å². The molecule has 3 nitrogen and oxygen atoms in total. The number of Topliss-reactive ketones (excluding diaryl/α,β-unsaturated/α-hetero) is 1. The number of ether oxygens (including phenoxy) is 1. The molecule has 0 saturated carbocycles. The fourth-order valence-electron chi connectivity index (χ4n) is 2.23. The average Bonchev–Trinajstić information content (AvgIpc) is 2.96. The predicted octanol–water partition coefficient (Wildman–Crippen LogP) is 2.96. The molecule has 1 atom stereocenters. The van der Waals surface area contributed by atoms with Gasteiger partial charge in [-0.15, -0.1) is 0 Å². The van der Waals surface area contributed by atoms with Crippen LogP contribution in [0, 0.1) is 12.8 Å². The van der Waals surface area contributed by atoms with Crippen LogP contribution in [0.2, 0.25) is 0 Å². The van der Waals surface area contributed by atoms with Crippen molar-refractivity contribution in [1.29, 1.82) is 0 Å². The van der Waals surface area contributed by atoms with Gasteiger partial charge in [0.05, 0.1) is 12.5 Å². The minimum Gasteiger partial charge on any atom is -0.453 e. The van der Waals surface area contributed by atoms with Gasteiger partial charge in [-0.25, -0.2) is 0 Å². The summed E-state index contributed by atoms with van der Waals surface area (Å²) < 4.78 is 10.8. The summed E-state index contributed by atoms with van der Waals surface area (Å²) in [5.41, 5.74) is 1.94. The van der Waals surface area contributed by atoms with Gasteiger partial charge in [0, 0.05) is 12.0 Å². The molecule has 1 unspecified atom stereocenters. The summed E-state index contributed by atoms with van der Waals surface area (Å²) >= 11 is 0. The first kappa shape index (κ1) is 10.5. The Morgan fingerprint density at radius 3 is 3.00 bits per heavy atom. The Balaban J connectivity index is 1.97. The summed E-state index contributed by atoms with van der Waals surface area (Å²) in [7, 11) is 0. The molecule has 0 radical (unpaired) electrons. The molecule has 1 aliphatic rings. The molecule has 88 valence electrons. The molecule has 1 saturated heterocycles. The maximum Gasteiger partial charge on any atom is 0.203 e. The molecule has 17 heavy (non-hydrogen) atoms. The van der Waals surface area contributed by atoms with Crippen molar-refractivity contribution in [2.75, 3.05) is 13.2 Å². The lowest BCUT2D eigenvalue weighted by molar-refractivity contribution is 0.0874. The first-order valence-electron chi connectivity index (χ1n) is 5.86. The third-order valence-corrected chi connectivity index (χ3v) is 3.22. The van der Waals surface area contributed by atoms with Crippen LogP contribution in [0.3, 0.4) is 0 Å². The van der Waals surface area contributed by atoms with Gasteiger partial charge in [0.2, 0.25) is 5.78 Å². The highest BCUT2D eigenvalue weighted by Gasteiger charge is 2.27. The Hall–Kier alpha value is -1.61. The summed E-state index contributed by atoms with van der Waals surface area (Å²) in [5.74, 6) is 0.495.